The van der Waals surface area contributed by atoms with E-state index in [0.717, 1.165) is 10.7 Å². The summed E-state index contributed by atoms with van der Waals surface area (Å²) in [6.45, 7) is 6.35. The topological polar surface area (TPSA) is 36.7 Å². The highest BCUT2D eigenvalue weighted by atomic mass is 32.2. The molecule has 0 saturated carbocycles. The highest BCUT2D eigenvalue weighted by Crippen LogP contribution is 2.24. The Morgan fingerprint density at radius 1 is 1.36 bits per heavy atom. The second-order valence-corrected chi connectivity index (χ2v) is 4.91. The van der Waals surface area contributed by atoms with E-state index in [1.54, 1.807) is 0 Å². The summed E-state index contributed by atoms with van der Waals surface area (Å²) in [4.78, 5) is 4.47. The largest absolute Gasteiger partial charge is 0.245 e. The Hall–Kier alpha value is -1.01. The molecule has 0 unspecified atom stereocenters. The molecule has 0 saturated heterocycles. The minimum absolute atomic E-state index is 0.0401. The van der Waals surface area contributed by atoms with Gasteiger partial charge in [-0.1, -0.05) is 20.8 Å². The molecule has 0 N–H and O–H groups in total. The summed E-state index contributed by atoms with van der Waals surface area (Å²) in [6, 6.07) is 5.92. The van der Waals surface area contributed by atoms with E-state index in [1.807, 2.05) is 18.4 Å². The predicted octanol–water partition coefficient (Wildman–Crippen LogP) is 2.97. The van der Waals surface area contributed by atoms with E-state index >= 15 is 0 Å². The highest BCUT2D eigenvalue weighted by Gasteiger charge is 2.16. The maximum absolute atomic E-state index is 8.84. The molecule has 1 aromatic heterocycles. The molecule has 0 radical (unpaired) electrons. The van der Waals surface area contributed by atoms with Crippen molar-refractivity contribution >= 4 is 11.8 Å². The molecule has 0 bridgehead atoms. The lowest BCUT2D eigenvalue weighted by atomic mass is 9.91. The third-order valence-corrected chi connectivity index (χ3v) is 2.64. The molecule has 0 aliphatic rings. The highest BCUT2D eigenvalue weighted by molar-refractivity contribution is 7.98. The molecule has 1 heterocycles. The number of rotatable bonds is 1. The fourth-order valence-corrected chi connectivity index (χ4v) is 1.62. The van der Waals surface area contributed by atoms with Gasteiger partial charge >= 0.3 is 0 Å². The molecule has 0 aromatic carbocycles. The number of nitriles is 1. The second-order valence-electron chi connectivity index (χ2n) is 4.12. The van der Waals surface area contributed by atoms with E-state index in [9.17, 15) is 0 Å². The van der Waals surface area contributed by atoms with Crippen LogP contribution in [0.1, 0.15) is 32.0 Å². The first-order valence-corrected chi connectivity index (χ1v) is 5.67. The van der Waals surface area contributed by atoms with Crippen LogP contribution in [0.15, 0.2) is 17.2 Å². The number of hydrogen-bond donors (Lipinski definition) is 0. The predicted molar refractivity (Wildman–Crippen MR) is 59.4 cm³/mol. The van der Waals surface area contributed by atoms with Crippen molar-refractivity contribution in [1.82, 2.24) is 4.98 Å². The van der Waals surface area contributed by atoms with Crippen LogP contribution in [0.5, 0.6) is 0 Å². The SMILES string of the molecule is CSc1nc(C(C)(C)C)ccc1C#N. The standard InChI is InChI=1S/C11H14N2S/c1-11(2,3)9-6-5-8(7-12)10(13-9)14-4/h5-6H,1-4H3. The van der Waals surface area contributed by atoms with Crippen molar-refractivity contribution in [3.63, 3.8) is 0 Å². The molecular formula is C11H14N2S. The smallest absolute Gasteiger partial charge is 0.114 e. The van der Waals surface area contributed by atoms with Crippen molar-refractivity contribution in [2.45, 2.75) is 31.2 Å². The van der Waals surface area contributed by atoms with E-state index in [4.69, 9.17) is 5.26 Å². The molecule has 0 atom stereocenters. The zero-order valence-corrected chi connectivity index (χ0v) is 9.77. The molecule has 14 heavy (non-hydrogen) atoms. The molecule has 0 aliphatic carbocycles. The molecule has 74 valence electrons. The normalized spacial score (nSPS) is 11.1. The molecule has 1 aromatic rings. The molecule has 2 nitrogen and oxygen atoms in total. The summed E-state index contributed by atoms with van der Waals surface area (Å²) in [5.41, 5.74) is 1.73. The third kappa shape index (κ3) is 2.27. The Kier molecular flexibility index (Phi) is 3.17. The van der Waals surface area contributed by atoms with Crippen LogP contribution in [0.3, 0.4) is 0 Å². The van der Waals surface area contributed by atoms with Gasteiger partial charge in [0.2, 0.25) is 0 Å². The van der Waals surface area contributed by atoms with Gasteiger partial charge in [-0.25, -0.2) is 4.98 Å². The molecule has 1 rings (SSSR count). The first kappa shape index (κ1) is 11.1. The minimum Gasteiger partial charge on any atom is -0.245 e. The Morgan fingerprint density at radius 2 is 2.00 bits per heavy atom. The minimum atomic E-state index is 0.0401. The summed E-state index contributed by atoms with van der Waals surface area (Å²) in [5, 5.41) is 9.66. The first-order chi connectivity index (χ1) is 6.49. The van der Waals surface area contributed by atoms with Crippen LogP contribution < -0.4 is 0 Å². The summed E-state index contributed by atoms with van der Waals surface area (Å²) in [5.74, 6) is 0. The van der Waals surface area contributed by atoms with Crippen LogP contribution in [0.2, 0.25) is 0 Å². The van der Waals surface area contributed by atoms with Gasteiger partial charge in [0, 0.05) is 11.1 Å². The van der Waals surface area contributed by atoms with Crippen LogP contribution in [-0.2, 0) is 5.41 Å². The molecule has 0 aliphatic heterocycles. The molecule has 0 spiro atoms. The average Bonchev–Trinajstić information content (AvgIpc) is 2.15. The maximum atomic E-state index is 8.84. The van der Waals surface area contributed by atoms with Gasteiger partial charge in [0.1, 0.15) is 11.1 Å². The van der Waals surface area contributed by atoms with E-state index in [0.29, 0.717) is 5.56 Å². The number of hydrogen-bond acceptors (Lipinski definition) is 3. The monoisotopic (exact) mass is 206 g/mol. The zero-order chi connectivity index (χ0) is 10.8. The van der Waals surface area contributed by atoms with Gasteiger partial charge in [0.15, 0.2) is 0 Å². The number of nitrogens with zero attached hydrogens (tertiary/aromatic N) is 2. The van der Waals surface area contributed by atoms with Crippen molar-refractivity contribution in [3.05, 3.63) is 23.4 Å². The van der Waals surface area contributed by atoms with Crippen molar-refractivity contribution in [1.29, 1.82) is 5.26 Å². The maximum Gasteiger partial charge on any atom is 0.114 e. The summed E-state index contributed by atoms with van der Waals surface area (Å²) in [7, 11) is 0. The number of thioether (sulfide) groups is 1. The van der Waals surface area contributed by atoms with Crippen molar-refractivity contribution in [3.8, 4) is 6.07 Å². The first-order valence-electron chi connectivity index (χ1n) is 4.44. The Bertz CT molecular complexity index is 372. The van der Waals surface area contributed by atoms with E-state index in [-0.39, 0.29) is 5.41 Å². The Labute approximate surface area is 89.4 Å². The molecule has 0 fully saturated rings. The molecule has 0 amide bonds. The van der Waals surface area contributed by atoms with Gasteiger partial charge in [-0.2, -0.15) is 5.26 Å². The lowest BCUT2D eigenvalue weighted by Gasteiger charge is -2.18. The van der Waals surface area contributed by atoms with E-state index < -0.39 is 0 Å². The lowest BCUT2D eigenvalue weighted by Crippen LogP contribution is -2.13. The molecule has 3 heteroatoms. The van der Waals surface area contributed by atoms with Gasteiger partial charge in [-0.3, -0.25) is 0 Å². The Balaban J connectivity index is 3.23. The number of aromatic nitrogens is 1. The van der Waals surface area contributed by atoms with Gasteiger partial charge in [0.05, 0.1) is 5.56 Å². The van der Waals surface area contributed by atoms with E-state index in [1.165, 1.54) is 11.8 Å². The quantitative estimate of drug-likeness (QED) is 0.663. The van der Waals surface area contributed by atoms with Gasteiger partial charge < -0.3 is 0 Å². The van der Waals surface area contributed by atoms with Crippen LogP contribution in [0.4, 0.5) is 0 Å². The van der Waals surface area contributed by atoms with Gasteiger partial charge in [0.25, 0.3) is 0 Å². The van der Waals surface area contributed by atoms with Crippen molar-refractivity contribution < 1.29 is 0 Å². The van der Waals surface area contributed by atoms with Crippen molar-refractivity contribution in [2.75, 3.05) is 6.26 Å². The zero-order valence-electron chi connectivity index (χ0n) is 8.96. The van der Waals surface area contributed by atoms with Crippen LogP contribution in [-0.4, -0.2) is 11.2 Å². The average molecular weight is 206 g/mol. The van der Waals surface area contributed by atoms with Gasteiger partial charge in [-0.05, 0) is 18.4 Å². The van der Waals surface area contributed by atoms with Crippen LogP contribution in [0, 0.1) is 11.3 Å². The fraction of sp³-hybridized carbons (Fsp3) is 0.455. The second kappa shape index (κ2) is 4.02. The van der Waals surface area contributed by atoms with Crippen molar-refractivity contribution in [2.24, 2.45) is 0 Å². The summed E-state index contributed by atoms with van der Waals surface area (Å²) in [6.07, 6.45) is 1.94. The third-order valence-electron chi connectivity index (χ3n) is 1.94. The van der Waals surface area contributed by atoms with E-state index in [2.05, 4.69) is 31.8 Å². The fourth-order valence-electron chi connectivity index (χ4n) is 1.10. The van der Waals surface area contributed by atoms with Crippen LogP contribution in [0.25, 0.3) is 0 Å². The molecular weight excluding hydrogens is 192 g/mol. The Morgan fingerprint density at radius 3 is 2.43 bits per heavy atom. The summed E-state index contributed by atoms with van der Waals surface area (Å²) >= 11 is 1.52. The number of pyridine rings is 1. The van der Waals surface area contributed by atoms with Gasteiger partial charge in [-0.15, -0.1) is 11.8 Å². The summed E-state index contributed by atoms with van der Waals surface area (Å²) < 4.78 is 0. The van der Waals surface area contributed by atoms with Crippen LogP contribution >= 0.6 is 11.8 Å². The lowest BCUT2D eigenvalue weighted by molar-refractivity contribution is 0.563.